The molecule has 8 nitrogen and oxygen atoms in total. The Kier molecular flexibility index (Phi) is 8.20. The number of thiazole rings is 1. The quantitative estimate of drug-likeness (QED) is 0.569. The Balaban J connectivity index is 2.13. The van der Waals surface area contributed by atoms with Crippen LogP contribution in [0.5, 0.6) is 0 Å². The molecule has 0 spiro atoms. The van der Waals surface area contributed by atoms with E-state index in [-0.39, 0.29) is 12.5 Å². The maximum absolute atomic E-state index is 12.6. The van der Waals surface area contributed by atoms with E-state index >= 15 is 0 Å². The highest BCUT2D eigenvalue weighted by Crippen LogP contribution is 2.17. The topological polar surface area (TPSA) is 123 Å². The van der Waals surface area contributed by atoms with Gasteiger partial charge in [-0.05, 0) is 12.8 Å². The van der Waals surface area contributed by atoms with Gasteiger partial charge < -0.3 is 30.1 Å². The molecule has 1 fully saturated rings. The van der Waals surface area contributed by atoms with Crippen molar-refractivity contribution in [2.45, 2.75) is 50.1 Å². The molecule has 4 atom stereocenters. The van der Waals surface area contributed by atoms with Crippen LogP contribution in [0, 0.1) is 0 Å². The van der Waals surface area contributed by atoms with Gasteiger partial charge in [-0.15, -0.1) is 11.3 Å². The summed E-state index contributed by atoms with van der Waals surface area (Å²) < 4.78 is 5.49. The summed E-state index contributed by atoms with van der Waals surface area (Å²) in [5.41, 5.74) is 1.57. The fourth-order valence-electron chi connectivity index (χ4n) is 2.82. The van der Waals surface area contributed by atoms with Gasteiger partial charge >= 0.3 is 0 Å². The van der Waals surface area contributed by atoms with Crippen molar-refractivity contribution < 1.29 is 30.0 Å². The summed E-state index contributed by atoms with van der Waals surface area (Å²) in [5, 5.41) is 39.7. The lowest BCUT2D eigenvalue weighted by Gasteiger charge is -2.33. The SMILES string of the molecule is O=C(c1cncs1)N1CCCCCCO[C@H]([C@H](O)CO)[C@H](O)[C@H](O)C1. The zero-order chi connectivity index (χ0) is 18.2. The Morgan fingerprint density at radius 2 is 2.12 bits per heavy atom. The third-order valence-corrected chi connectivity index (χ3v) is 5.03. The third-order valence-electron chi connectivity index (χ3n) is 4.27. The highest BCUT2D eigenvalue weighted by atomic mass is 32.1. The first-order valence-electron chi connectivity index (χ1n) is 8.49. The number of aliphatic hydroxyl groups is 4. The molecule has 0 saturated carbocycles. The zero-order valence-corrected chi connectivity index (χ0v) is 14.8. The molecule has 2 rings (SSSR count). The number of β-amino-alcohol motifs (C(OH)–C–C–N with tert-alkyl or cyclic N) is 1. The van der Waals surface area contributed by atoms with Gasteiger partial charge in [-0.1, -0.05) is 12.8 Å². The third kappa shape index (κ3) is 5.70. The number of ether oxygens (including phenoxy) is 1. The predicted octanol–water partition coefficient (Wildman–Crippen LogP) is -0.381. The largest absolute Gasteiger partial charge is 0.394 e. The molecular formula is C16H26N2O6S. The molecule has 1 aromatic rings. The first kappa shape index (κ1) is 20.2. The number of carbonyl (C=O) groups is 1. The fourth-order valence-corrected chi connectivity index (χ4v) is 3.41. The van der Waals surface area contributed by atoms with Crippen LogP contribution in [-0.4, -0.2) is 86.9 Å². The minimum absolute atomic E-state index is 0.0874. The van der Waals surface area contributed by atoms with Gasteiger partial charge in [0, 0.05) is 19.7 Å². The molecule has 142 valence electrons. The van der Waals surface area contributed by atoms with Crippen LogP contribution >= 0.6 is 11.3 Å². The molecule has 2 heterocycles. The number of aromatic nitrogens is 1. The van der Waals surface area contributed by atoms with Gasteiger partial charge in [0.1, 0.15) is 29.3 Å². The highest BCUT2D eigenvalue weighted by Gasteiger charge is 2.34. The standard InChI is InChI=1S/C16H26N2O6S/c19-9-12(21)15-14(22)11(20)8-18(5-3-1-2-4-6-24-15)16(23)13-7-17-10-25-13/h7,10-12,14-15,19-22H,1-6,8-9H2/t11-,12-,14-,15-/m1/s1. The minimum atomic E-state index is -1.42. The van der Waals surface area contributed by atoms with Crippen LogP contribution in [0.1, 0.15) is 35.4 Å². The molecule has 4 N–H and O–H groups in total. The number of aliphatic hydroxyl groups excluding tert-OH is 4. The van der Waals surface area contributed by atoms with E-state index in [1.165, 1.54) is 22.4 Å². The Morgan fingerprint density at radius 1 is 1.36 bits per heavy atom. The van der Waals surface area contributed by atoms with Crippen molar-refractivity contribution in [1.82, 2.24) is 9.88 Å². The van der Waals surface area contributed by atoms with Crippen molar-refractivity contribution in [2.75, 3.05) is 26.3 Å². The number of hydrogen-bond acceptors (Lipinski definition) is 8. The van der Waals surface area contributed by atoms with E-state index in [0.717, 1.165) is 25.7 Å². The van der Waals surface area contributed by atoms with Crippen molar-refractivity contribution in [1.29, 1.82) is 0 Å². The fraction of sp³-hybridized carbons (Fsp3) is 0.750. The van der Waals surface area contributed by atoms with E-state index in [0.29, 0.717) is 18.0 Å². The predicted molar refractivity (Wildman–Crippen MR) is 91.3 cm³/mol. The molecule has 9 heteroatoms. The molecule has 0 aromatic carbocycles. The lowest BCUT2D eigenvalue weighted by molar-refractivity contribution is -0.145. The van der Waals surface area contributed by atoms with E-state index < -0.39 is 31.0 Å². The summed E-state index contributed by atoms with van der Waals surface area (Å²) in [6.45, 7) is 0.122. The normalized spacial score (nSPS) is 28.0. The molecular weight excluding hydrogens is 348 g/mol. The maximum atomic E-state index is 12.6. The van der Waals surface area contributed by atoms with E-state index in [4.69, 9.17) is 9.84 Å². The first-order valence-corrected chi connectivity index (χ1v) is 9.37. The summed E-state index contributed by atoms with van der Waals surface area (Å²) in [5.74, 6) is -0.244. The van der Waals surface area contributed by atoms with Gasteiger partial charge in [0.2, 0.25) is 0 Å². The van der Waals surface area contributed by atoms with Crippen molar-refractivity contribution in [3.05, 3.63) is 16.6 Å². The summed E-state index contributed by atoms with van der Waals surface area (Å²) in [6.07, 6.45) is -0.340. The number of carbonyl (C=O) groups excluding carboxylic acids is 1. The van der Waals surface area contributed by atoms with Gasteiger partial charge in [0.15, 0.2) is 0 Å². The van der Waals surface area contributed by atoms with Gasteiger partial charge in [0.05, 0.1) is 18.3 Å². The second kappa shape index (κ2) is 10.1. The lowest BCUT2D eigenvalue weighted by atomic mass is 10.0. The second-order valence-electron chi connectivity index (χ2n) is 6.17. The average molecular weight is 374 g/mol. The molecule has 0 aliphatic carbocycles. The molecule has 0 unspecified atom stereocenters. The molecule has 1 amide bonds. The van der Waals surface area contributed by atoms with E-state index in [2.05, 4.69) is 4.98 Å². The molecule has 0 radical (unpaired) electrons. The highest BCUT2D eigenvalue weighted by molar-refractivity contribution is 7.11. The number of amides is 1. The van der Waals surface area contributed by atoms with Gasteiger partial charge in [-0.25, -0.2) is 0 Å². The molecule has 1 aliphatic rings. The van der Waals surface area contributed by atoms with Crippen LogP contribution < -0.4 is 0 Å². The summed E-state index contributed by atoms with van der Waals surface area (Å²) >= 11 is 1.22. The van der Waals surface area contributed by atoms with Crippen molar-refractivity contribution >= 4 is 17.2 Å². The summed E-state index contributed by atoms with van der Waals surface area (Å²) in [4.78, 5) is 18.4. The van der Waals surface area contributed by atoms with Crippen LogP contribution in [0.4, 0.5) is 0 Å². The van der Waals surface area contributed by atoms with E-state index in [1.807, 2.05) is 0 Å². The second-order valence-corrected chi connectivity index (χ2v) is 7.06. The van der Waals surface area contributed by atoms with Crippen LogP contribution in [0.3, 0.4) is 0 Å². The summed E-state index contributed by atoms with van der Waals surface area (Å²) in [6, 6.07) is 0. The maximum Gasteiger partial charge on any atom is 0.265 e. The zero-order valence-electron chi connectivity index (χ0n) is 14.0. The molecule has 1 aromatic heterocycles. The van der Waals surface area contributed by atoms with Crippen molar-refractivity contribution in [3.8, 4) is 0 Å². The van der Waals surface area contributed by atoms with Gasteiger partial charge in [-0.2, -0.15) is 0 Å². The van der Waals surface area contributed by atoms with Crippen molar-refractivity contribution in [2.24, 2.45) is 0 Å². The average Bonchev–Trinajstić information content (AvgIpc) is 3.14. The number of hydrogen-bond donors (Lipinski definition) is 4. The van der Waals surface area contributed by atoms with Crippen molar-refractivity contribution in [3.63, 3.8) is 0 Å². The number of rotatable bonds is 3. The lowest BCUT2D eigenvalue weighted by Crippen LogP contribution is -2.52. The Labute approximate surface area is 150 Å². The first-order chi connectivity index (χ1) is 12.0. The van der Waals surface area contributed by atoms with Gasteiger partial charge in [-0.3, -0.25) is 9.78 Å². The monoisotopic (exact) mass is 374 g/mol. The van der Waals surface area contributed by atoms with Crippen LogP contribution in [0.2, 0.25) is 0 Å². The Bertz CT molecular complexity index is 515. The van der Waals surface area contributed by atoms with Crippen LogP contribution in [0.15, 0.2) is 11.7 Å². The van der Waals surface area contributed by atoms with Crippen LogP contribution in [-0.2, 0) is 4.74 Å². The van der Waals surface area contributed by atoms with E-state index in [1.54, 1.807) is 5.51 Å². The molecule has 1 aliphatic heterocycles. The Hall–Kier alpha value is -1.10. The Morgan fingerprint density at radius 3 is 2.80 bits per heavy atom. The smallest absolute Gasteiger partial charge is 0.265 e. The molecule has 1 saturated heterocycles. The van der Waals surface area contributed by atoms with Gasteiger partial charge in [0.25, 0.3) is 5.91 Å². The molecule has 0 bridgehead atoms. The minimum Gasteiger partial charge on any atom is -0.394 e. The van der Waals surface area contributed by atoms with E-state index in [9.17, 15) is 20.1 Å². The number of nitrogens with zero attached hydrogens (tertiary/aromatic N) is 2. The molecule has 25 heavy (non-hydrogen) atoms. The summed E-state index contributed by atoms with van der Waals surface area (Å²) in [7, 11) is 0. The van der Waals surface area contributed by atoms with Crippen LogP contribution in [0.25, 0.3) is 0 Å².